The van der Waals surface area contributed by atoms with Gasteiger partial charge < -0.3 is 5.11 Å². The molecule has 0 heterocycles. The first-order chi connectivity index (χ1) is 5.73. The van der Waals surface area contributed by atoms with Crippen LogP contribution in [0.5, 0.6) is 0 Å². The molecule has 0 aliphatic carbocycles. The Labute approximate surface area is 73.7 Å². The number of hydrogen-bond donors (Lipinski definition) is 1. The van der Waals surface area contributed by atoms with Gasteiger partial charge in [0.1, 0.15) is 0 Å². The Balaban J connectivity index is 2.95. The number of hydrogen-bond acceptors (Lipinski definition) is 1. The lowest BCUT2D eigenvalue weighted by atomic mass is 9.84. The monoisotopic (exact) mass is 163 g/mol. The second-order valence-corrected chi connectivity index (χ2v) is 3.25. The van der Waals surface area contributed by atoms with Gasteiger partial charge in [-0.2, -0.15) is 17.7 Å². The predicted molar refractivity (Wildman–Crippen MR) is 51.3 cm³/mol. The maximum absolute atomic E-state index is 9.24. The molecule has 0 saturated carbocycles. The van der Waals surface area contributed by atoms with Crippen LogP contribution in [-0.2, 0) is 5.41 Å². The molecule has 1 atom stereocenters. The van der Waals surface area contributed by atoms with Crippen molar-refractivity contribution in [2.75, 3.05) is 6.61 Å². The third-order valence-electron chi connectivity index (χ3n) is 2.19. The Kier molecular flexibility index (Phi) is 2.77. The van der Waals surface area contributed by atoms with Crippen LogP contribution in [0.15, 0.2) is 36.4 Å². The molecule has 0 aromatic heterocycles. The summed E-state index contributed by atoms with van der Waals surface area (Å²) in [5, 5.41) is 9.24. The van der Waals surface area contributed by atoms with Crippen LogP contribution in [-0.4, -0.2) is 11.7 Å². The zero-order valence-electron chi connectivity index (χ0n) is 7.62. The first-order valence-electron chi connectivity index (χ1n) is 4.20. The summed E-state index contributed by atoms with van der Waals surface area (Å²) in [6.45, 7) is 4.15. The quantitative estimate of drug-likeness (QED) is 0.535. The lowest BCUT2D eigenvalue weighted by Crippen LogP contribution is -2.22. The standard InChI is InChI=1S/C11H15O/c1-3-8-11(2,9-12)10-6-4-5-7-10/h3-8,12H,9H2,1-2H3/q-1/b8-3+. The normalized spacial score (nSPS) is 16.6. The molecule has 0 bridgehead atoms. The van der Waals surface area contributed by atoms with Crippen LogP contribution in [0.1, 0.15) is 19.4 Å². The van der Waals surface area contributed by atoms with Crippen LogP contribution >= 0.6 is 0 Å². The van der Waals surface area contributed by atoms with E-state index in [1.165, 1.54) is 5.56 Å². The molecule has 1 rings (SSSR count). The van der Waals surface area contributed by atoms with Crippen LogP contribution in [0.3, 0.4) is 0 Å². The van der Waals surface area contributed by atoms with Crippen molar-refractivity contribution in [3.63, 3.8) is 0 Å². The third-order valence-corrected chi connectivity index (χ3v) is 2.19. The first-order valence-corrected chi connectivity index (χ1v) is 4.20. The molecule has 0 saturated heterocycles. The molecule has 1 unspecified atom stereocenters. The van der Waals surface area contributed by atoms with Gasteiger partial charge in [0.15, 0.2) is 0 Å². The molecule has 1 N–H and O–H groups in total. The van der Waals surface area contributed by atoms with Crippen molar-refractivity contribution < 1.29 is 5.11 Å². The molecule has 0 spiro atoms. The van der Waals surface area contributed by atoms with Crippen molar-refractivity contribution in [1.29, 1.82) is 0 Å². The molecule has 1 nitrogen and oxygen atoms in total. The van der Waals surface area contributed by atoms with Crippen molar-refractivity contribution in [3.8, 4) is 0 Å². The molecule has 0 aliphatic rings. The summed E-state index contributed by atoms with van der Waals surface area (Å²) in [5.41, 5.74) is 0.959. The fourth-order valence-corrected chi connectivity index (χ4v) is 1.36. The zero-order valence-corrected chi connectivity index (χ0v) is 7.62. The van der Waals surface area contributed by atoms with Gasteiger partial charge in [-0.3, -0.25) is 0 Å². The van der Waals surface area contributed by atoms with E-state index < -0.39 is 0 Å². The fraction of sp³-hybridized carbons (Fsp3) is 0.364. The second-order valence-electron chi connectivity index (χ2n) is 3.25. The minimum atomic E-state index is -0.210. The summed E-state index contributed by atoms with van der Waals surface area (Å²) >= 11 is 0. The number of aliphatic hydroxyl groups excluding tert-OH is 1. The van der Waals surface area contributed by atoms with Gasteiger partial charge >= 0.3 is 0 Å². The van der Waals surface area contributed by atoms with E-state index in [1.807, 2.05) is 50.3 Å². The van der Waals surface area contributed by atoms with Gasteiger partial charge in [0, 0.05) is 5.41 Å². The molecule has 0 aliphatic heterocycles. The summed E-state index contributed by atoms with van der Waals surface area (Å²) in [5.74, 6) is 0. The molecule has 1 aromatic rings. The molecule has 0 radical (unpaired) electrons. The van der Waals surface area contributed by atoms with Gasteiger partial charge in [-0.15, -0.1) is 0 Å². The van der Waals surface area contributed by atoms with E-state index in [1.54, 1.807) is 0 Å². The lowest BCUT2D eigenvalue weighted by Gasteiger charge is -2.26. The first kappa shape index (κ1) is 9.14. The Morgan fingerprint density at radius 1 is 1.67 bits per heavy atom. The van der Waals surface area contributed by atoms with E-state index in [-0.39, 0.29) is 12.0 Å². The summed E-state index contributed by atoms with van der Waals surface area (Å²) < 4.78 is 0. The lowest BCUT2D eigenvalue weighted by molar-refractivity contribution is 0.236. The van der Waals surface area contributed by atoms with Crippen molar-refractivity contribution in [3.05, 3.63) is 42.0 Å². The predicted octanol–water partition coefficient (Wildman–Crippen LogP) is 2.23. The van der Waals surface area contributed by atoms with Crippen LogP contribution in [0.25, 0.3) is 0 Å². The topological polar surface area (TPSA) is 20.2 Å². The summed E-state index contributed by atoms with van der Waals surface area (Å²) in [7, 11) is 0. The number of aliphatic hydroxyl groups is 1. The van der Waals surface area contributed by atoms with Crippen LogP contribution in [0.4, 0.5) is 0 Å². The Bertz CT molecular complexity index is 246. The largest absolute Gasteiger partial charge is 0.395 e. The van der Waals surface area contributed by atoms with Gasteiger partial charge in [0.25, 0.3) is 0 Å². The maximum Gasteiger partial charge on any atom is 0.0539 e. The van der Waals surface area contributed by atoms with Gasteiger partial charge in [0.05, 0.1) is 6.61 Å². The minimum absolute atomic E-state index is 0.154. The number of allylic oxidation sites excluding steroid dienone is 1. The third kappa shape index (κ3) is 1.62. The molecular formula is C11H15O-. The van der Waals surface area contributed by atoms with Crippen molar-refractivity contribution in [2.45, 2.75) is 19.3 Å². The highest BCUT2D eigenvalue weighted by molar-refractivity contribution is 5.30. The Morgan fingerprint density at radius 2 is 2.42 bits per heavy atom. The molecule has 1 aromatic carbocycles. The Hall–Kier alpha value is -0.950. The molecule has 12 heavy (non-hydrogen) atoms. The Morgan fingerprint density at radius 3 is 2.83 bits per heavy atom. The highest BCUT2D eigenvalue weighted by atomic mass is 16.3. The van der Waals surface area contributed by atoms with Gasteiger partial charge in [-0.1, -0.05) is 19.1 Å². The average molecular weight is 163 g/mol. The molecule has 1 heteroatoms. The van der Waals surface area contributed by atoms with E-state index in [9.17, 15) is 5.11 Å². The minimum Gasteiger partial charge on any atom is -0.395 e. The van der Waals surface area contributed by atoms with E-state index >= 15 is 0 Å². The van der Waals surface area contributed by atoms with E-state index in [4.69, 9.17) is 0 Å². The maximum atomic E-state index is 9.24. The van der Waals surface area contributed by atoms with Crippen molar-refractivity contribution in [1.82, 2.24) is 0 Å². The van der Waals surface area contributed by atoms with Crippen LogP contribution in [0, 0.1) is 0 Å². The van der Waals surface area contributed by atoms with Gasteiger partial charge in [-0.25, -0.2) is 12.1 Å². The van der Waals surface area contributed by atoms with E-state index in [2.05, 4.69) is 0 Å². The SMILES string of the molecule is C/C=C/C(C)(CO)c1ccc[cH-]1. The van der Waals surface area contributed by atoms with Gasteiger partial charge in [0.2, 0.25) is 0 Å². The number of rotatable bonds is 3. The molecule has 0 amide bonds. The zero-order chi connectivity index (χ0) is 9.03. The second kappa shape index (κ2) is 3.63. The van der Waals surface area contributed by atoms with E-state index in [0.29, 0.717) is 0 Å². The van der Waals surface area contributed by atoms with Crippen molar-refractivity contribution >= 4 is 0 Å². The summed E-state index contributed by atoms with van der Waals surface area (Å²) in [4.78, 5) is 0. The smallest absolute Gasteiger partial charge is 0.0539 e. The van der Waals surface area contributed by atoms with Gasteiger partial charge in [-0.05, 0) is 6.92 Å². The summed E-state index contributed by atoms with van der Waals surface area (Å²) in [6, 6.07) is 8.06. The fourth-order valence-electron chi connectivity index (χ4n) is 1.36. The molecular weight excluding hydrogens is 148 g/mol. The highest BCUT2D eigenvalue weighted by Gasteiger charge is 2.17. The van der Waals surface area contributed by atoms with Crippen LogP contribution in [0.2, 0.25) is 0 Å². The highest BCUT2D eigenvalue weighted by Crippen LogP contribution is 2.24. The van der Waals surface area contributed by atoms with Crippen LogP contribution < -0.4 is 0 Å². The summed E-state index contributed by atoms with van der Waals surface area (Å²) in [6.07, 6.45) is 4.01. The molecule has 0 fully saturated rings. The van der Waals surface area contributed by atoms with E-state index in [0.717, 1.165) is 0 Å². The average Bonchev–Trinajstić information content (AvgIpc) is 2.57. The van der Waals surface area contributed by atoms with Crippen molar-refractivity contribution in [2.24, 2.45) is 0 Å². The molecule has 66 valence electrons.